The summed E-state index contributed by atoms with van der Waals surface area (Å²) in [5.74, 6) is 1.57. The summed E-state index contributed by atoms with van der Waals surface area (Å²) < 4.78 is 39.0. The van der Waals surface area contributed by atoms with Crippen molar-refractivity contribution in [3.05, 3.63) is 82.8 Å². The lowest BCUT2D eigenvalue weighted by molar-refractivity contribution is -0.137. The van der Waals surface area contributed by atoms with E-state index in [0.717, 1.165) is 29.2 Å². The van der Waals surface area contributed by atoms with Crippen LogP contribution in [0.4, 0.5) is 29.5 Å². The molecule has 2 aromatic carbocycles. The Morgan fingerprint density at radius 1 is 0.971 bits per heavy atom. The molecular weight excluding hydrogens is 455 g/mol. The van der Waals surface area contributed by atoms with Crippen LogP contribution in [-0.2, 0) is 12.6 Å². The van der Waals surface area contributed by atoms with E-state index in [1.165, 1.54) is 17.7 Å². The Bertz CT molecular complexity index is 1180. The molecule has 1 saturated heterocycles. The van der Waals surface area contributed by atoms with E-state index in [-0.39, 0.29) is 5.69 Å². The van der Waals surface area contributed by atoms with E-state index in [4.69, 9.17) is 4.98 Å². The minimum absolute atomic E-state index is 0.123. The Hall–Kier alpha value is -3.62. The smallest absolute Gasteiger partial charge is 0.354 e. The van der Waals surface area contributed by atoms with Crippen LogP contribution in [0.3, 0.4) is 0 Å². The van der Waals surface area contributed by atoms with Gasteiger partial charge >= 0.3 is 12.2 Å². The quantitative estimate of drug-likeness (QED) is 0.536. The predicted octanol–water partition coefficient (Wildman–Crippen LogP) is 5.45. The molecule has 0 aliphatic carbocycles. The lowest BCUT2D eigenvalue weighted by Crippen LogP contribution is -2.38. The van der Waals surface area contributed by atoms with E-state index >= 15 is 0 Å². The number of aryl methyl sites for hydroxylation is 2. The van der Waals surface area contributed by atoms with Crippen molar-refractivity contribution >= 4 is 17.5 Å². The third kappa shape index (κ3) is 6.09. The molecule has 2 amide bonds. The molecule has 1 aliphatic rings. The van der Waals surface area contributed by atoms with Crippen LogP contribution in [0.25, 0.3) is 0 Å². The number of aromatic nitrogens is 2. The lowest BCUT2D eigenvalue weighted by Gasteiger charge is -2.26. The van der Waals surface area contributed by atoms with Crippen molar-refractivity contribution < 1.29 is 18.0 Å². The fraction of sp³-hybridized carbons (Fsp3) is 0.346. The van der Waals surface area contributed by atoms with Crippen molar-refractivity contribution in [3.63, 3.8) is 0 Å². The zero-order valence-corrected chi connectivity index (χ0v) is 19.8. The van der Waals surface area contributed by atoms with Crippen molar-refractivity contribution in [2.24, 2.45) is 0 Å². The molecule has 0 unspecified atom stereocenters. The van der Waals surface area contributed by atoms with Gasteiger partial charge in [-0.15, -0.1) is 0 Å². The van der Waals surface area contributed by atoms with Gasteiger partial charge in [0.15, 0.2) is 0 Å². The number of carbonyl (C=O) groups excluding carboxylic acids is 1. The maximum atomic E-state index is 13.0. The Morgan fingerprint density at radius 3 is 2.49 bits per heavy atom. The first-order chi connectivity index (χ1) is 16.7. The number of rotatable bonds is 4. The summed E-state index contributed by atoms with van der Waals surface area (Å²) in [5, 5.41) is 2.61. The van der Waals surface area contributed by atoms with Crippen LogP contribution in [0, 0.1) is 13.8 Å². The van der Waals surface area contributed by atoms with Gasteiger partial charge in [0.2, 0.25) is 0 Å². The van der Waals surface area contributed by atoms with Gasteiger partial charge in [-0.25, -0.2) is 14.8 Å². The van der Waals surface area contributed by atoms with E-state index in [2.05, 4.69) is 27.3 Å². The number of nitrogens with one attached hydrogen (secondary N) is 1. The molecule has 0 atom stereocenters. The number of alkyl halides is 3. The SMILES string of the molecule is Cc1nc(C)c(Cc2ccccc2)c(N2CCCN(C(=O)Nc3cccc(C(F)(F)F)c3)CC2)n1. The van der Waals surface area contributed by atoms with E-state index in [1.807, 2.05) is 32.0 Å². The number of halogens is 3. The molecule has 6 nitrogen and oxygen atoms in total. The van der Waals surface area contributed by atoms with E-state index in [0.29, 0.717) is 44.8 Å². The van der Waals surface area contributed by atoms with Crippen molar-refractivity contribution in [3.8, 4) is 0 Å². The largest absolute Gasteiger partial charge is 0.416 e. The number of hydrogen-bond donors (Lipinski definition) is 1. The highest BCUT2D eigenvalue weighted by atomic mass is 19.4. The Balaban J connectivity index is 1.48. The first-order valence-electron chi connectivity index (χ1n) is 11.6. The van der Waals surface area contributed by atoms with Crippen LogP contribution < -0.4 is 10.2 Å². The number of urea groups is 1. The molecule has 4 rings (SSSR count). The van der Waals surface area contributed by atoms with Gasteiger partial charge in [-0.05, 0) is 44.0 Å². The molecule has 0 spiro atoms. The molecule has 1 fully saturated rings. The van der Waals surface area contributed by atoms with Crippen molar-refractivity contribution in [1.29, 1.82) is 0 Å². The number of benzene rings is 2. The molecule has 2 heterocycles. The van der Waals surface area contributed by atoms with Gasteiger partial charge in [0.05, 0.1) is 5.56 Å². The second-order valence-corrected chi connectivity index (χ2v) is 8.66. The number of nitrogens with zero attached hydrogens (tertiary/aromatic N) is 4. The zero-order valence-electron chi connectivity index (χ0n) is 19.8. The normalized spacial score (nSPS) is 14.5. The number of hydrogen-bond acceptors (Lipinski definition) is 4. The first kappa shape index (κ1) is 24.5. The standard InChI is InChI=1S/C26H28F3N5O/c1-18-23(16-20-8-4-3-5-9-20)24(31-19(2)30-18)33-12-7-13-34(15-14-33)25(35)32-22-11-6-10-21(17-22)26(27,28)29/h3-6,8-11,17H,7,12-16H2,1-2H3,(H,32,35). The predicted molar refractivity (Wildman–Crippen MR) is 130 cm³/mol. The maximum Gasteiger partial charge on any atom is 0.416 e. The van der Waals surface area contributed by atoms with Gasteiger partial charge < -0.3 is 15.1 Å². The van der Waals surface area contributed by atoms with Crippen molar-refractivity contribution in [2.75, 3.05) is 36.4 Å². The van der Waals surface area contributed by atoms with Gasteiger partial charge in [0.1, 0.15) is 11.6 Å². The summed E-state index contributed by atoms with van der Waals surface area (Å²) in [6, 6.07) is 14.4. The van der Waals surface area contributed by atoms with Crippen LogP contribution in [0.15, 0.2) is 54.6 Å². The van der Waals surface area contributed by atoms with Crippen LogP contribution in [-0.4, -0.2) is 47.1 Å². The highest BCUT2D eigenvalue weighted by molar-refractivity contribution is 5.89. The minimum Gasteiger partial charge on any atom is -0.354 e. The monoisotopic (exact) mass is 483 g/mol. The third-order valence-electron chi connectivity index (χ3n) is 6.05. The fourth-order valence-corrected chi connectivity index (χ4v) is 4.29. The molecule has 3 aromatic rings. The highest BCUT2D eigenvalue weighted by Gasteiger charge is 2.31. The van der Waals surface area contributed by atoms with Crippen LogP contribution >= 0.6 is 0 Å². The van der Waals surface area contributed by atoms with Gasteiger partial charge in [0.25, 0.3) is 0 Å². The second-order valence-electron chi connectivity index (χ2n) is 8.66. The molecule has 0 bridgehead atoms. The van der Waals surface area contributed by atoms with Gasteiger partial charge in [0, 0.05) is 49.5 Å². The summed E-state index contributed by atoms with van der Waals surface area (Å²) >= 11 is 0. The van der Waals surface area contributed by atoms with E-state index in [9.17, 15) is 18.0 Å². The van der Waals surface area contributed by atoms with E-state index in [1.54, 1.807) is 4.90 Å². The molecule has 0 radical (unpaired) electrons. The summed E-state index contributed by atoms with van der Waals surface area (Å²) in [5.41, 5.74) is 2.49. The van der Waals surface area contributed by atoms with Crippen LogP contribution in [0.5, 0.6) is 0 Å². The first-order valence-corrected chi connectivity index (χ1v) is 11.6. The summed E-state index contributed by atoms with van der Waals surface area (Å²) in [4.78, 5) is 26.0. The zero-order chi connectivity index (χ0) is 25.0. The maximum absolute atomic E-state index is 13.0. The Kier molecular flexibility index (Phi) is 7.23. The molecule has 1 aliphatic heterocycles. The van der Waals surface area contributed by atoms with Gasteiger partial charge in [-0.2, -0.15) is 13.2 Å². The highest BCUT2D eigenvalue weighted by Crippen LogP contribution is 2.31. The summed E-state index contributed by atoms with van der Waals surface area (Å²) in [6.45, 7) is 6.06. The fourth-order valence-electron chi connectivity index (χ4n) is 4.29. The Morgan fingerprint density at radius 2 is 1.74 bits per heavy atom. The molecule has 35 heavy (non-hydrogen) atoms. The molecular formula is C26H28F3N5O. The van der Waals surface area contributed by atoms with Crippen molar-refractivity contribution in [2.45, 2.75) is 32.9 Å². The summed E-state index contributed by atoms with van der Waals surface area (Å²) in [7, 11) is 0. The molecule has 9 heteroatoms. The van der Waals surface area contributed by atoms with Crippen LogP contribution in [0.2, 0.25) is 0 Å². The molecule has 1 N–H and O–H groups in total. The van der Waals surface area contributed by atoms with Crippen molar-refractivity contribution in [1.82, 2.24) is 14.9 Å². The number of amides is 2. The van der Waals surface area contributed by atoms with Crippen LogP contribution in [0.1, 0.15) is 34.6 Å². The average molecular weight is 484 g/mol. The number of anilines is 2. The lowest BCUT2D eigenvalue weighted by atomic mass is 10.0. The summed E-state index contributed by atoms with van der Waals surface area (Å²) in [6.07, 6.45) is -3.05. The van der Waals surface area contributed by atoms with E-state index < -0.39 is 17.8 Å². The average Bonchev–Trinajstić information content (AvgIpc) is 3.07. The third-order valence-corrected chi connectivity index (χ3v) is 6.05. The van der Waals surface area contributed by atoms with Gasteiger partial charge in [-0.1, -0.05) is 36.4 Å². The molecule has 1 aromatic heterocycles. The number of carbonyl (C=O) groups is 1. The molecule has 0 saturated carbocycles. The molecule has 184 valence electrons. The second kappa shape index (κ2) is 10.3. The Labute approximate surface area is 202 Å². The van der Waals surface area contributed by atoms with Gasteiger partial charge in [-0.3, -0.25) is 0 Å². The topological polar surface area (TPSA) is 61.4 Å². The minimum atomic E-state index is -4.46.